The van der Waals surface area contributed by atoms with Crippen molar-refractivity contribution in [3.63, 3.8) is 0 Å². The molecule has 1 aliphatic heterocycles. The Bertz CT molecular complexity index is 469. The molecule has 0 saturated carbocycles. The Kier molecular flexibility index (Phi) is 4.34. The zero-order valence-electron chi connectivity index (χ0n) is 10.2. The second-order valence-corrected chi connectivity index (χ2v) is 6.32. The molecule has 18 heavy (non-hydrogen) atoms. The van der Waals surface area contributed by atoms with Crippen molar-refractivity contribution < 1.29 is 13.2 Å². The van der Waals surface area contributed by atoms with Crippen molar-refractivity contribution in [3.8, 4) is 0 Å². The van der Waals surface area contributed by atoms with Gasteiger partial charge in [0.05, 0.1) is 19.0 Å². The van der Waals surface area contributed by atoms with Gasteiger partial charge in [0.2, 0.25) is 10.0 Å². The lowest BCUT2D eigenvalue weighted by molar-refractivity contribution is 0.0730. The molecule has 0 radical (unpaired) electrons. The van der Waals surface area contributed by atoms with E-state index in [4.69, 9.17) is 10.5 Å². The zero-order valence-corrected chi connectivity index (χ0v) is 11.0. The predicted molar refractivity (Wildman–Crippen MR) is 69.5 cm³/mol. The summed E-state index contributed by atoms with van der Waals surface area (Å²) in [6, 6.07) is 8.80. The van der Waals surface area contributed by atoms with Gasteiger partial charge in [0.25, 0.3) is 0 Å². The van der Waals surface area contributed by atoms with Gasteiger partial charge >= 0.3 is 0 Å². The van der Waals surface area contributed by atoms with Crippen LogP contribution in [0.4, 0.5) is 0 Å². The maximum atomic E-state index is 12.2. The number of ether oxygens (including phenoxy) is 1. The highest BCUT2D eigenvalue weighted by atomic mass is 32.2. The van der Waals surface area contributed by atoms with Crippen LogP contribution < -0.4 is 5.73 Å². The van der Waals surface area contributed by atoms with Crippen molar-refractivity contribution in [1.29, 1.82) is 0 Å². The molecule has 2 rings (SSSR count). The van der Waals surface area contributed by atoms with Crippen molar-refractivity contribution in [1.82, 2.24) is 4.31 Å². The third-order valence-electron chi connectivity index (χ3n) is 2.98. The average Bonchev–Trinajstić information content (AvgIpc) is 2.40. The van der Waals surface area contributed by atoms with Crippen LogP contribution in [0.25, 0.3) is 0 Å². The van der Waals surface area contributed by atoms with E-state index in [-0.39, 0.29) is 5.75 Å². The number of hydrogen-bond acceptors (Lipinski definition) is 4. The summed E-state index contributed by atoms with van der Waals surface area (Å²) in [6.45, 7) is 1.76. The highest BCUT2D eigenvalue weighted by Crippen LogP contribution is 2.15. The first-order valence-corrected chi connectivity index (χ1v) is 7.56. The number of nitrogens with two attached hydrogens (primary N) is 1. The maximum Gasteiger partial charge on any atom is 0.216 e. The Morgan fingerprint density at radius 2 is 1.83 bits per heavy atom. The van der Waals surface area contributed by atoms with Gasteiger partial charge in [0.15, 0.2) is 0 Å². The molecule has 1 saturated heterocycles. The van der Waals surface area contributed by atoms with Crippen LogP contribution >= 0.6 is 0 Å². The Hall–Kier alpha value is -0.950. The van der Waals surface area contributed by atoms with Crippen LogP contribution in [-0.4, -0.2) is 44.8 Å². The number of sulfonamides is 1. The fraction of sp³-hybridized carbons (Fsp3) is 0.500. The molecule has 1 atom stereocenters. The summed E-state index contributed by atoms with van der Waals surface area (Å²) in [5, 5.41) is 0. The molecule has 1 aliphatic rings. The lowest BCUT2D eigenvalue weighted by Gasteiger charge is -2.27. The van der Waals surface area contributed by atoms with Gasteiger partial charge in [-0.1, -0.05) is 30.3 Å². The van der Waals surface area contributed by atoms with Crippen molar-refractivity contribution in [2.45, 2.75) is 6.04 Å². The summed E-state index contributed by atoms with van der Waals surface area (Å²) < 4.78 is 30.9. The predicted octanol–water partition coefficient (Wildman–Crippen LogP) is 0.348. The third kappa shape index (κ3) is 3.29. The van der Waals surface area contributed by atoms with E-state index in [1.807, 2.05) is 30.3 Å². The fourth-order valence-corrected chi connectivity index (χ4v) is 3.52. The molecule has 6 heteroatoms. The van der Waals surface area contributed by atoms with Crippen molar-refractivity contribution in [2.75, 3.05) is 32.1 Å². The molecular formula is C12H18N2O3S. The Labute approximate surface area is 108 Å². The summed E-state index contributed by atoms with van der Waals surface area (Å²) >= 11 is 0. The quantitative estimate of drug-likeness (QED) is 0.857. The van der Waals surface area contributed by atoms with Gasteiger partial charge < -0.3 is 10.5 Å². The van der Waals surface area contributed by atoms with Gasteiger partial charge in [-0.15, -0.1) is 0 Å². The van der Waals surface area contributed by atoms with E-state index in [0.717, 1.165) is 5.56 Å². The van der Waals surface area contributed by atoms with Crippen molar-refractivity contribution >= 4 is 10.0 Å². The molecular weight excluding hydrogens is 252 g/mol. The topological polar surface area (TPSA) is 72.6 Å². The van der Waals surface area contributed by atoms with Gasteiger partial charge in [-0.05, 0) is 5.56 Å². The normalized spacial score (nSPS) is 19.6. The smallest absolute Gasteiger partial charge is 0.216 e. The molecule has 5 nitrogen and oxygen atoms in total. The van der Waals surface area contributed by atoms with E-state index >= 15 is 0 Å². The first-order chi connectivity index (χ1) is 8.59. The summed E-state index contributed by atoms with van der Waals surface area (Å²) in [5.41, 5.74) is 6.79. The second-order valence-electron chi connectivity index (χ2n) is 4.31. The molecule has 0 aliphatic carbocycles. The molecule has 1 fully saturated rings. The van der Waals surface area contributed by atoms with E-state index in [1.54, 1.807) is 0 Å². The first-order valence-electron chi connectivity index (χ1n) is 5.96. The Morgan fingerprint density at radius 1 is 1.22 bits per heavy atom. The third-order valence-corrected chi connectivity index (χ3v) is 4.91. The summed E-state index contributed by atoms with van der Waals surface area (Å²) in [7, 11) is -3.30. The lowest BCUT2D eigenvalue weighted by Crippen LogP contribution is -2.43. The van der Waals surface area contributed by atoms with Crippen molar-refractivity contribution in [3.05, 3.63) is 35.9 Å². The SMILES string of the molecule is NC(CS(=O)(=O)N1CCOCC1)c1ccccc1. The number of hydrogen-bond donors (Lipinski definition) is 1. The van der Waals surface area contributed by atoms with E-state index in [9.17, 15) is 8.42 Å². The van der Waals surface area contributed by atoms with E-state index in [2.05, 4.69) is 0 Å². The molecule has 0 amide bonds. The van der Waals surface area contributed by atoms with Gasteiger partial charge in [-0.2, -0.15) is 4.31 Å². The van der Waals surface area contributed by atoms with Crippen LogP contribution in [0.3, 0.4) is 0 Å². The van der Waals surface area contributed by atoms with E-state index in [0.29, 0.717) is 26.3 Å². The monoisotopic (exact) mass is 270 g/mol. The number of morpholine rings is 1. The molecule has 0 bridgehead atoms. The fourth-order valence-electron chi connectivity index (χ4n) is 1.95. The second kappa shape index (κ2) is 5.79. The molecule has 100 valence electrons. The van der Waals surface area contributed by atoms with Gasteiger partial charge in [-0.3, -0.25) is 0 Å². The molecule has 1 unspecified atom stereocenters. The summed E-state index contributed by atoms with van der Waals surface area (Å²) in [4.78, 5) is 0. The molecule has 1 aromatic rings. The van der Waals surface area contributed by atoms with Crippen LogP contribution in [0, 0.1) is 0 Å². The molecule has 2 N–H and O–H groups in total. The van der Waals surface area contributed by atoms with Gasteiger partial charge in [-0.25, -0.2) is 8.42 Å². The summed E-state index contributed by atoms with van der Waals surface area (Å²) in [5.74, 6) is -0.0585. The van der Waals surface area contributed by atoms with Crippen LogP contribution in [0.2, 0.25) is 0 Å². The number of benzene rings is 1. The minimum absolute atomic E-state index is 0.0585. The van der Waals surface area contributed by atoms with Gasteiger partial charge in [0.1, 0.15) is 0 Å². The average molecular weight is 270 g/mol. The minimum atomic E-state index is -3.30. The standard InChI is InChI=1S/C12H18N2O3S/c13-12(11-4-2-1-3-5-11)10-18(15,16)14-6-8-17-9-7-14/h1-5,12H,6-10,13H2. The van der Waals surface area contributed by atoms with E-state index in [1.165, 1.54) is 4.31 Å². The van der Waals surface area contributed by atoms with Crippen molar-refractivity contribution in [2.24, 2.45) is 5.73 Å². The number of rotatable bonds is 4. The maximum absolute atomic E-state index is 12.2. The van der Waals surface area contributed by atoms with Crippen LogP contribution in [-0.2, 0) is 14.8 Å². The first kappa shape index (κ1) is 13.5. The Morgan fingerprint density at radius 3 is 2.44 bits per heavy atom. The van der Waals surface area contributed by atoms with Crippen LogP contribution in [0.5, 0.6) is 0 Å². The summed E-state index contributed by atoms with van der Waals surface area (Å²) in [6.07, 6.45) is 0. The largest absolute Gasteiger partial charge is 0.379 e. The molecule has 1 aromatic carbocycles. The molecule has 1 heterocycles. The zero-order chi connectivity index (χ0) is 13.0. The van der Waals surface area contributed by atoms with E-state index < -0.39 is 16.1 Å². The highest BCUT2D eigenvalue weighted by Gasteiger charge is 2.26. The lowest BCUT2D eigenvalue weighted by atomic mass is 10.1. The van der Waals surface area contributed by atoms with Gasteiger partial charge in [0, 0.05) is 19.1 Å². The van der Waals surface area contributed by atoms with Crippen LogP contribution in [0.15, 0.2) is 30.3 Å². The molecule has 0 aromatic heterocycles. The van der Waals surface area contributed by atoms with Crippen LogP contribution in [0.1, 0.15) is 11.6 Å². The highest BCUT2D eigenvalue weighted by molar-refractivity contribution is 7.89. The Balaban J connectivity index is 2.03. The number of nitrogens with zero attached hydrogens (tertiary/aromatic N) is 1. The minimum Gasteiger partial charge on any atom is -0.379 e. The molecule has 0 spiro atoms.